The normalized spacial score (nSPS) is 10.4. The molecular formula is C11H16N2O2. The molecule has 2 N–H and O–H groups in total. The lowest BCUT2D eigenvalue weighted by atomic mass is 10.0. The van der Waals surface area contributed by atoms with Crippen molar-refractivity contribution in [1.82, 2.24) is 10.3 Å². The minimum Gasteiger partial charge on any atom is -0.395 e. The number of aliphatic hydroxyl groups is 1. The van der Waals surface area contributed by atoms with Gasteiger partial charge in [-0.15, -0.1) is 0 Å². The van der Waals surface area contributed by atoms with Crippen LogP contribution in [0.4, 0.5) is 0 Å². The fourth-order valence-electron chi connectivity index (χ4n) is 1.19. The summed E-state index contributed by atoms with van der Waals surface area (Å²) in [6.45, 7) is 4.32. The smallest absolute Gasteiger partial charge is 0.269 e. The number of carbonyl (C=O) groups is 1. The molecular weight excluding hydrogens is 192 g/mol. The van der Waals surface area contributed by atoms with Gasteiger partial charge in [-0.05, 0) is 23.6 Å². The van der Waals surface area contributed by atoms with Crippen molar-refractivity contribution in [2.24, 2.45) is 0 Å². The van der Waals surface area contributed by atoms with E-state index < -0.39 is 0 Å². The molecule has 0 fully saturated rings. The second-order valence-corrected chi connectivity index (χ2v) is 3.61. The Morgan fingerprint density at radius 3 is 2.93 bits per heavy atom. The third-order valence-electron chi connectivity index (χ3n) is 2.08. The molecule has 82 valence electrons. The summed E-state index contributed by atoms with van der Waals surface area (Å²) in [5, 5.41) is 11.1. The van der Waals surface area contributed by atoms with Crippen molar-refractivity contribution < 1.29 is 9.90 Å². The fourth-order valence-corrected chi connectivity index (χ4v) is 1.19. The Morgan fingerprint density at radius 1 is 1.60 bits per heavy atom. The van der Waals surface area contributed by atoms with Crippen LogP contribution >= 0.6 is 0 Å². The Hall–Kier alpha value is -1.42. The fraction of sp³-hybridized carbons (Fsp3) is 0.455. The average molecular weight is 208 g/mol. The van der Waals surface area contributed by atoms with Crippen LogP contribution in [-0.4, -0.2) is 29.1 Å². The number of rotatable bonds is 4. The van der Waals surface area contributed by atoms with Gasteiger partial charge >= 0.3 is 0 Å². The number of carbonyl (C=O) groups excluding carboxylic acids is 1. The highest BCUT2D eigenvalue weighted by Crippen LogP contribution is 2.13. The Morgan fingerprint density at radius 2 is 2.33 bits per heavy atom. The topological polar surface area (TPSA) is 62.2 Å². The van der Waals surface area contributed by atoms with Gasteiger partial charge in [0.05, 0.1) is 6.61 Å². The molecule has 0 atom stereocenters. The Labute approximate surface area is 89.3 Å². The Kier molecular flexibility index (Phi) is 4.24. The molecule has 1 rings (SSSR count). The number of hydrogen-bond donors (Lipinski definition) is 2. The molecule has 1 aromatic rings. The van der Waals surface area contributed by atoms with Crippen LogP contribution in [0.3, 0.4) is 0 Å². The maximum Gasteiger partial charge on any atom is 0.269 e. The molecule has 0 aliphatic rings. The van der Waals surface area contributed by atoms with Crippen LogP contribution in [-0.2, 0) is 0 Å². The first-order chi connectivity index (χ1) is 7.15. The van der Waals surface area contributed by atoms with Gasteiger partial charge in [0, 0.05) is 12.7 Å². The number of nitrogens with zero attached hydrogens (tertiary/aromatic N) is 1. The van der Waals surface area contributed by atoms with Crippen molar-refractivity contribution in [2.75, 3.05) is 13.2 Å². The van der Waals surface area contributed by atoms with E-state index in [0.29, 0.717) is 11.6 Å². The van der Waals surface area contributed by atoms with E-state index in [0.717, 1.165) is 5.56 Å². The summed E-state index contributed by atoms with van der Waals surface area (Å²) in [7, 11) is 0. The molecule has 1 heterocycles. The van der Waals surface area contributed by atoms with Gasteiger partial charge < -0.3 is 10.4 Å². The molecule has 0 radical (unpaired) electrons. The zero-order valence-electron chi connectivity index (χ0n) is 9.03. The van der Waals surface area contributed by atoms with Crippen molar-refractivity contribution >= 4 is 5.91 Å². The summed E-state index contributed by atoms with van der Waals surface area (Å²) in [5.41, 5.74) is 1.48. The van der Waals surface area contributed by atoms with Gasteiger partial charge in [-0.1, -0.05) is 13.8 Å². The lowest BCUT2D eigenvalue weighted by Gasteiger charge is -2.07. The van der Waals surface area contributed by atoms with E-state index in [2.05, 4.69) is 24.1 Å². The zero-order valence-corrected chi connectivity index (χ0v) is 9.03. The monoisotopic (exact) mass is 208 g/mol. The third kappa shape index (κ3) is 3.32. The average Bonchev–Trinajstić information content (AvgIpc) is 2.26. The molecule has 0 saturated carbocycles. The van der Waals surface area contributed by atoms with E-state index in [1.165, 1.54) is 0 Å². The van der Waals surface area contributed by atoms with Gasteiger partial charge in [-0.3, -0.25) is 9.78 Å². The largest absolute Gasteiger partial charge is 0.395 e. The second-order valence-electron chi connectivity index (χ2n) is 3.61. The predicted molar refractivity (Wildman–Crippen MR) is 57.7 cm³/mol. The molecule has 0 aromatic carbocycles. The molecule has 0 aliphatic heterocycles. The summed E-state index contributed by atoms with van der Waals surface area (Å²) in [4.78, 5) is 15.5. The first-order valence-electron chi connectivity index (χ1n) is 5.00. The lowest BCUT2D eigenvalue weighted by molar-refractivity contribution is 0.0939. The van der Waals surface area contributed by atoms with Crippen molar-refractivity contribution in [3.05, 3.63) is 29.6 Å². The first kappa shape index (κ1) is 11.7. The van der Waals surface area contributed by atoms with Crippen molar-refractivity contribution in [2.45, 2.75) is 19.8 Å². The second kappa shape index (κ2) is 5.46. The minimum atomic E-state index is -0.244. The van der Waals surface area contributed by atoms with Gasteiger partial charge in [0.2, 0.25) is 0 Å². The van der Waals surface area contributed by atoms with Crippen LogP contribution in [0.25, 0.3) is 0 Å². The summed E-state index contributed by atoms with van der Waals surface area (Å²) < 4.78 is 0. The maximum absolute atomic E-state index is 11.5. The van der Waals surface area contributed by atoms with E-state index in [1.54, 1.807) is 12.3 Å². The Balaban J connectivity index is 2.76. The molecule has 0 aliphatic carbocycles. The zero-order chi connectivity index (χ0) is 11.3. The maximum atomic E-state index is 11.5. The van der Waals surface area contributed by atoms with Gasteiger partial charge in [0.1, 0.15) is 5.69 Å². The van der Waals surface area contributed by atoms with Gasteiger partial charge in [-0.2, -0.15) is 0 Å². The number of aromatic nitrogens is 1. The highest BCUT2D eigenvalue weighted by molar-refractivity contribution is 5.92. The number of amides is 1. The van der Waals surface area contributed by atoms with Gasteiger partial charge in [0.15, 0.2) is 0 Å². The number of nitrogens with one attached hydrogen (secondary N) is 1. The molecule has 1 aromatic heterocycles. The molecule has 1 amide bonds. The van der Waals surface area contributed by atoms with Crippen LogP contribution in [0.15, 0.2) is 18.3 Å². The third-order valence-corrected chi connectivity index (χ3v) is 2.08. The SMILES string of the molecule is CC(C)c1ccnc(C(=O)NCCO)c1. The summed E-state index contributed by atoms with van der Waals surface area (Å²) >= 11 is 0. The molecule has 0 spiro atoms. The van der Waals surface area contributed by atoms with E-state index in [4.69, 9.17) is 5.11 Å². The van der Waals surface area contributed by atoms with Gasteiger partial charge in [-0.25, -0.2) is 0 Å². The number of pyridine rings is 1. The van der Waals surface area contributed by atoms with Crippen molar-refractivity contribution in [1.29, 1.82) is 0 Å². The molecule has 0 bridgehead atoms. The standard InChI is InChI=1S/C11H16N2O2/c1-8(2)9-3-4-12-10(7-9)11(15)13-5-6-14/h3-4,7-8,14H,5-6H2,1-2H3,(H,13,15). The molecule has 0 saturated heterocycles. The van der Waals surface area contributed by atoms with Crippen LogP contribution in [0, 0.1) is 0 Å². The van der Waals surface area contributed by atoms with Crippen LogP contribution in [0.2, 0.25) is 0 Å². The van der Waals surface area contributed by atoms with E-state index in [-0.39, 0.29) is 19.1 Å². The molecule has 4 nitrogen and oxygen atoms in total. The van der Waals surface area contributed by atoms with Crippen LogP contribution in [0.1, 0.15) is 35.8 Å². The summed E-state index contributed by atoms with van der Waals surface area (Å²) in [6.07, 6.45) is 1.63. The van der Waals surface area contributed by atoms with Crippen molar-refractivity contribution in [3.63, 3.8) is 0 Å². The predicted octanol–water partition coefficient (Wildman–Crippen LogP) is 0.927. The lowest BCUT2D eigenvalue weighted by Crippen LogP contribution is -2.27. The Bertz CT molecular complexity index is 337. The number of aliphatic hydroxyl groups excluding tert-OH is 1. The quantitative estimate of drug-likeness (QED) is 0.773. The highest BCUT2D eigenvalue weighted by Gasteiger charge is 2.08. The first-order valence-corrected chi connectivity index (χ1v) is 5.00. The van der Waals surface area contributed by atoms with Crippen LogP contribution in [0.5, 0.6) is 0 Å². The summed E-state index contributed by atoms with van der Waals surface area (Å²) in [5.74, 6) is 0.129. The molecule has 15 heavy (non-hydrogen) atoms. The summed E-state index contributed by atoms with van der Waals surface area (Å²) in [6, 6.07) is 3.67. The molecule has 0 unspecified atom stereocenters. The minimum absolute atomic E-state index is 0.0599. The van der Waals surface area contributed by atoms with Crippen LogP contribution < -0.4 is 5.32 Å². The number of hydrogen-bond acceptors (Lipinski definition) is 3. The van der Waals surface area contributed by atoms with Crippen molar-refractivity contribution in [3.8, 4) is 0 Å². The van der Waals surface area contributed by atoms with E-state index >= 15 is 0 Å². The van der Waals surface area contributed by atoms with E-state index in [9.17, 15) is 4.79 Å². The van der Waals surface area contributed by atoms with Gasteiger partial charge in [0.25, 0.3) is 5.91 Å². The van der Waals surface area contributed by atoms with E-state index in [1.807, 2.05) is 6.07 Å². The highest BCUT2D eigenvalue weighted by atomic mass is 16.3. The molecule has 4 heteroatoms.